The number of carbonyl (C=O) groups excluding carboxylic acids is 1. The molecule has 3 rings (SSSR count). The average molecular weight is 401 g/mol. The predicted molar refractivity (Wildman–Crippen MR) is 110 cm³/mol. The molecule has 9 heteroatoms. The van der Waals surface area contributed by atoms with Gasteiger partial charge in [0.2, 0.25) is 5.91 Å². The molecule has 8 nitrogen and oxygen atoms in total. The van der Waals surface area contributed by atoms with E-state index in [1.54, 1.807) is 11.6 Å². The Morgan fingerprint density at radius 3 is 2.54 bits per heavy atom. The van der Waals surface area contributed by atoms with Gasteiger partial charge in [-0.15, -0.1) is 0 Å². The number of aryl methyl sites for hydroxylation is 2. The molecule has 148 valence electrons. The number of hydrogen-bond donors (Lipinski definition) is 1. The Hall–Kier alpha value is -2.81. The first kappa shape index (κ1) is 19.9. The molecule has 0 bridgehead atoms. The van der Waals surface area contributed by atoms with E-state index in [2.05, 4.69) is 10.3 Å². The van der Waals surface area contributed by atoms with Crippen LogP contribution in [0.2, 0.25) is 0 Å². The van der Waals surface area contributed by atoms with E-state index in [4.69, 9.17) is 0 Å². The number of amides is 1. The summed E-state index contributed by atoms with van der Waals surface area (Å²) >= 11 is 1.26. The third kappa shape index (κ3) is 3.89. The second-order valence-electron chi connectivity index (χ2n) is 6.39. The summed E-state index contributed by atoms with van der Waals surface area (Å²) in [7, 11) is 3.03. The van der Waals surface area contributed by atoms with Crippen LogP contribution in [0, 0.1) is 0 Å². The molecule has 0 radical (unpaired) electrons. The van der Waals surface area contributed by atoms with Crippen LogP contribution in [0.15, 0.2) is 45.1 Å². The number of nitrogens with zero attached hydrogens (tertiary/aromatic N) is 4. The lowest BCUT2D eigenvalue weighted by Gasteiger charge is -2.07. The van der Waals surface area contributed by atoms with E-state index in [0.717, 1.165) is 11.0 Å². The monoisotopic (exact) mass is 401 g/mol. The summed E-state index contributed by atoms with van der Waals surface area (Å²) in [4.78, 5) is 41.2. The van der Waals surface area contributed by atoms with Crippen LogP contribution in [-0.4, -0.2) is 36.9 Å². The number of hydrogen-bond acceptors (Lipinski definition) is 5. The Bertz CT molecular complexity index is 1110. The van der Waals surface area contributed by atoms with Gasteiger partial charge in [-0.2, -0.15) is 0 Å². The van der Waals surface area contributed by atoms with Gasteiger partial charge in [-0.3, -0.25) is 18.7 Å². The van der Waals surface area contributed by atoms with Crippen LogP contribution in [0.1, 0.15) is 12.5 Å². The number of thioether (sulfide) groups is 1. The van der Waals surface area contributed by atoms with Gasteiger partial charge in [-0.25, -0.2) is 9.78 Å². The molecule has 0 fully saturated rings. The fourth-order valence-electron chi connectivity index (χ4n) is 3.00. The number of benzene rings is 1. The summed E-state index contributed by atoms with van der Waals surface area (Å²) in [6.45, 7) is 2.97. The lowest BCUT2D eigenvalue weighted by Crippen LogP contribution is -2.37. The van der Waals surface area contributed by atoms with Crippen LogP contribution in [0.3, 0.4) is 0 Å². The zero-order valence-corrected chi connectivity index (χ0v) is 17.0. The quantitative estimate of drug-likeness (QED) is 0.594. The smallest absolute Gasteiger partial charge is 0.332 e. The summed E-state index contributed by atoms with van der Waals surface area (Å²) in [5.74, 6) is 0.0873. The second kappa shape index (κ2) is 8.47. The Balaban J connectivity index is 1.71. The summed E-state index contributed by atoms with van der Waals surface area (Å²) in [5.41, 5.74) is 1.07. The van der Waals surface area contributed by atoms with E-state index in [-0.39, 0.29) is 17.2 Å². The fraction of sp³-hybridized carbons (Fsp3) is 0.368. The zero-order valence-electron chi connectivity index (χ0n) is 16.1. The van der Waals surface area contributed by atoms with E-state index >= 15 is 0 Å². The van der Waals surface area contributed by atoms with Crippen molar-refractivity contribution < 1.29 is 4.79 Å². The molecule has 1 amide bonds. The second-order valence-corrected chi connectivity index (χ2v) is 7.33. The normalized spacial score (nSPS) is 11.1. The van der Waals surface area contributed by atoms with E-state index < -0.39 is 5.69 Å². The maximum absolute atomic E-state index is 12.5. The Morgan fingerprint density at radius 1 is 1.14 bits per heavy atom. The van der Waals surface area contributed by atoms with Gasteiger partial charge >= 0.3 is 5.69 Å². The fourth-order valence-corrected chi connectivity index (χ4v) is 3.89. The van der Waals surface area contributed by atoms with Crippen LogP contribution in [-0.2, 0) is 31.9 Å². The van der Waals surface area contributed by atoms with Gasteiger partial charge in [0.25, 0.3) is 5.56 Å². The Morgan fingerprint density at radius 2 is 1.86 bits per heavy atom. The van der Waals surface area contributed by atoms with Crippen LogP contribution in [0.5, 0.6) is 0 Å². The molecule has 0 atom stereocenters. The summed E-state index contributed by atoms with van der Waals surface area (Å²) < 4.78 is 4.17. The third-order valence-corrected chi connectivity index (χ3v) is 5.52. The highest BCUT2D eigenvalue weighted by molar-refractivity contribution is 7.99. The van der Waals surface area contributed by atoms with Crippen LogP contribution >= 0.6 is 11.8 Å². The number of rotatable bonds is 7. The third-order valence-electron chi connectivity index (χ3n) is 4.54. The van der Waals surface area contributed by atoms with Crippen LogP contribution in [0.4, 0.5) is 0 Å². The highest BCUT2D eigenvalue weighted by Crippen LogP contribution is 2.21. The first-order valence-corrected chi connectivity index (χ1v) is 10.0. The molecule has 28 heavy (non-hydrogen) atoms. The minimum atomic E-state index is -0.423. The molecule has 0 aliphatic carbocycles. The van der Waals surface area contributed by atoms with Crippen molar-refractivity contribution in [2.24, 2.45) is 14.1 Å². The molecule has 0 aliphatic rings. The molecule has 0 spiro atoms. The molecule has 2 aromatic heterocycles. The average Bonchev–Trinajstić information content (AvgIpc) is 3.08. The van der Waals surface area contributed by atoms with E-state index in [9.17, 15) is 14.4 Å². The highest BCUT2D eigenvalue weighted by atomic mass is 32.2. The summed E-state index contributed by atoms with van der Waals surface area (Å²) in [6, 6.07) is 9.95. The molecule has 0 unspecified atom stereocenters. The lowest BCUT2D eigenvalue weighted by atomic mass is 10.1. The van der Waals surface area contributed by atoms with Crippen molar-refractivity contribution in [2.75, 3.05) is 12.3 Å². The number of fused-ring (bicyclic) bond motifs is 1. The summed E-state index contributed by atoms with van der Waals surface area (Å²) in [5, 5.41) is 3.45. The minimum absolute atomic E-state index is 0.0996. The highest BCUT2D eigenvalue weighted by Gasteiger charge is 2.19. The topological polar surface area (TPSA) is 90.9 Å². The molecule has 3 aromatic rings. The van der Waals surface area contributed by atoms with Crippen molar-refractivity contribution in [1.29, 1.82) is 0 Å². The van der Waals surface area contributed by atoms with Crippen molar-refractivity contribution in [2.45, 2.75) is 25.0 Å². The molecular formula is C19H23N5O3S. The number of nitrogens with one attached hydrogen (secondary N) is 1. The van der Waals surface area contributed by atoms with Crippen molar-refractivity contribution >= 4 is 28.8 Å². The molecule has 2 heterocycles. The molecule has 1 N–H and O–H groups in total. The number of aromatic nitrogens is 4. The van der Waals surface area contributed by atoms with Crippen molar-refractivity contribution in [1.82, 2.24) is 24.0 Å². The van der Waals surface area contributed by atoms with Gasteiger partial charge in [0.05, 0.1) is 5.75 Å². The molecule has 0 aliphatic heterocycles. The van der Waals surface area contributed by atoms with Crippen LogP contribution < -0.4 is 16.6 Å². The van der Waals surface area contributed by atoms with Gasteiger partial charge in [0.15, 0.2) is 16.3 Å². The lowest BCUT2D eigenvalue weighted by molar-refractivity contribution is -0.118. The Labute approximate surface area is 166 Å². The van der Waals surface area contributed by atoms with Gasteiger partial charge in [0, 0.05) is 27.2 Å². The number of imidazole rings is 1. The molecular weight excluding hydrogens is 378 g/mol. The Kier molecular flexibility index (Phi) is 6.03. The first-order valence-electron chi connectivity index (χ1n) is 9.03. The van der Waals surface area contributed by atoms with Crippen LogP contribution in [0.25, 0.3) is 11.2 Å². The molecule has 1 aromatic carbocycles. The largest absolute Gasteiger partial charge is 0.355 e. The molecule has 0 saturated carbocycles. The van der Waals surface area contributed by atoms with Crippen molar-refractivity contribution in [3.8, 4) is 0 Å². The SMILES string of the molecule is CCn1c(SCC(=O)NCCc2ccccc2)nc2c1c(=O)n(C)c(=O)n2C. The van der Waals surface area contributed by atoms with Gasteiger partial charge in [-0.1, -0.05) is 42.1 Å². The van der Waals surface area contributed by atoms with E-state index in [0.29, 0.717) is 29.4 Å². The summed E-state index contributed by atoms with van der Waals surface area (Å²) in [6.07, 6.45) is 0.767. The predicted octanol–water partition coefficient (Wildman–Crippen LogP) is 0.905. The maximum atomic E-state index is 12.5. The van der Waals surface area contributed by atoms with Crippen molar-refractivity contribution in [3.63, 3.8) is 0 Å². The minimum Gasteiger partial charge on any atom is -0.355 e. The van der Waals surface area contributed by atoms with Crippen molar-refractivity contribution in [3.05, 3.63) is 56.7 Å². The van der Waals surface area contributed by atoms with Gasteiger partial charge in [0.1, 0.15) is 0 Å². The van der Waals surface area contributed by atoms with Gasteiger partial charge in [-0.05, 0) is 18.9 Å². The maximum Gasteiger partial charge on any atom is 0.332 e. The first-order chi connectivity index (χ1) is 13.4. The standard InChI is InChI=1S/C19H23N5O3S/c1-4-24-15-16(22(2)19(27)23(3)17(15)26)21-18(24)28-12-14(25)20-11-10-13-8-6-5-7-9-13/h5-9H,4,10-12H2,1-3H3,(H,20,25). The van der Waals surface area contributed by atoms with Gasteiger partial charge < -0.3 is 9.88 Å². The zero-order chi connectivity index (χ0) is 20.3. The van der Waals surface area contributed by atoms with E-state index in [1.165, 1.54) is 28.9 Å². The molecule has 0 saturated heterocycles. The number of carbonyl (C=O) groups is 1. The van der Waals surface area contributed by atoms with E-state index in [1.807, 2.05) is 37.3 Å².